The Bertz CT molecular complexity index is 1440. The summed E-state index contributed by atoms with van der Waals surface area (Å²) in [5, 5.41) is 1.84. The van der Waals surface area contributed by atoms with Crippen molar-refractivity contribution in [3.8, 4) is 0 Å². The molecule has 0 N–H and O–H groups in total. The Hall–Kier alpha value is -3.70. The van der Waals surface area contributed by atoms with Crippen molar-refractivity contribution in [1.29, 1.82) is 0 Å². The fourth-order valence-electron chi connectivity index (χ4n) is 3.63. The number of esters is 1. The third-order valence-corrected chi connectivity index (χ3v) is 6.52. The van der Waals surface area contributed by atoms with Gasteiger partial charge in [-0.2, -0.15) is 0 Å². The quantitative estimate of drug-likeness (QED) is 0.258. The van der Waals surface area contributed by atoms with E-state index >= 15 is 0 Å². The van der Waals surface area contributed by atoms with Gasteiger partial charge in [0.1, 0.15) is 5.03 Å². The predicted octanol–water partition coefficient (Wildman–Crippen LogP) is 6.66. The number of aryl methyl sites for hydroxylation is 3. The molecule has 33 heavy (non-hydrogen) atoms. The molecular weight excluding hydrogens is 428 g/mol. The summed E-state index contributed by atoms with van der Waals surface area (Å²) in [6.45, 7) is 6.14. The Labute approximate surface area is 197 Å². The molecule has 0 aliphatic carbocycles. The number of aliphatic imine (C=N–C) groups is 1. The number of fused-ring (bicyclic) bond motifs is 1. The van der Waals surface area contributed by atoms with Gasteiger partial charge >= 0.3 is 5.97 Å². The molecule has 1 aliphatic rings. The second-order valence-electron chi connectivity index (χ2n) is 8.15. The van der Waals surface area contributed by atoms with Crippen LogP contribution in [0.4, 0.5) is 0 Å². The van der Waals surface area contributed by atoms with Crippen molar-refractivity contribution >= 4 is 40.6 Å². The average Bonchev–Trinajstić information content (AvgIpc) is 3.17. The molecule has 0 saturated heterocycles. The van der Waals surface area contributed by atoms with E-state index in [1.165, 1.54) is 5.56 Å². The highest BCUT2D eigenvalue weighted by Crippen LogP contribution is 2.34. The van der Waals surface area contributed by atoms with Crippen molar-refractivity contribution in [1.82, 2.24) is 4.98 Å². The van der Waals surface area contributed by atoms with Crippen molar-refractivity contribution in [3.05, 3.63) is 106 Å². The van der Waals surface area contributed by atoms with E-state index in [-0.39, 0.29) is 5.70 Å². The van der Waals surface area contributed by atoms with Crippen molar-refractivity contribution in [2.75, 3.05) is 0 Å². The molecular formula is C28H22N2O2S. The first kappa shape index (κ1) is 21.2. The Morgan fingerprint density at radius 3 is 2.30 bits per heavy atom. The number of pyridine rings is 1. The monoisotopic (exact) mass is 450 g/mol. The Kier molecular flexibility index (Phi) is 5.56. The fourth-order valence-corrected chi connectivity index (χ4v) is 4.49. The van der Waals surface area contributed by atoms with Crippen LogP contribution in [0.25, 0.3) is 17.0 Å². The van der Waals surface area contributed by atoms with Gasteiger partial charge in [0.15, 0.2) is 5.70 Å². The number of ether oxygens (including phenoxy) is 1. The fraction of sp³-hybridized carbons (Fsp3) is 0.107. The molecule has 1 aliphatic heterocycles. The van der Waals surface area contributed by atoms with Gasteiger partial charge in [0.05, 0.1) is 5.52 Å². The van der Waals surface area contributed by atoms with E-state index in [0.717, 1.165) is 43.1 Å². The number of hydrogen-bond acceptors (Lipinski definition) is 5. The number of aromatic nitrogens is 1. The van der Waals surface area contributed by atoms with Gasteiger partial charge in [-0.05, 0) is 62.7 Å². The molecule has 0 spiro atoms. The summed E-state index contributed by atoms with van der Waals surface area (Å²) in [6.07, 6.45) is 1.77. The standard InChI is InChI=1S/C28H22N2O2S/c1-17-7-11-20(12-8-17)26-29-24(28(31)32-26)16-22-15-21-6-4-5-19(3)25(21)30-27(22)33-23-13-9-18(2)10-14-23/h4-16H,1-3H3. The number of nitrogens with zero attached hydrogens (tertiary/aromatic N) is 2. The average molecular weight is 451 g/mol. The van der Waals surface area contributed by atoms with Crippen LogP contribution in [0.15, 0.2) is 93.4 Å². The maximum atomic E-state index is 12.6. The van der Waals surface area contributed by atoms with Crippen molar-refractivity contribution in [3.63, 3.8) is 0 Å². The summed E-state index contributed by atoms with van der Waals surface area (Å²) in [7, 11) is 0. The van der Waals surface area contributed by atoms with Crippen LogP contribution in [0.3, 0.4) is 0 Å². The third kappa shape index (κ3) is 4.45. The highest BCUT2D eigenvalue weighted by molar-refractivity contribution is 7.99. The molecule has 0 amide bonds. The normalized spacial score (nSPS) is 14.6. The summed E-state index contributed by atoms with van der Waals surface area (Å²) in [6, 6.07) is 24.2. The second kappa shape index (κ2) is 8.68. The minimum Gasteiger partial charge on any atom is -0.402 e. The van der Waals surface area contributed by atoms with Crippen LogP contribution < -0.4 is 0 Å². The first-order valence-corrected chi connectivity index (χ1v) is 11.5. The maximum Gasteiger partial charge on any atom is 0.363 e. The third-order valence-electron chi connectivity index (χ3n) is 5.49. The number of rotatable bonds is 4. The molecule has 0 bridgehead atoms. The number of cyclic esters (lactones) is 1. The van der Waals surface area contributed by atoms with Crippen LogP contribution in [0.2, 0.25) is 0 Å². The van der Waals surface area contributed by atoms with Crippen LogP contribution in [0.5, 0.6) is 0 Å². The van der Waals surface area contributed by atoms with E-state index in [4.69, 9.17) is 9.72 Å². The molecule has 4 aromatic rings. The number of para-hydroxylation sites is 1. The molecule has 0 atom stereocenters. The highest BCUT2D eigenvalue weighted by Gasteiger charge is 2.25. The van der Waals surface area contributed by atoms with E-state index in [9.17, 15) is 4.79 Å². The topological polar surface area (TPSA) is 51.6 Å². The number of benzene rings is 3. The molecule has 0 saturated carbocycles. The first-order chi connectivity index (χ1) is 16.0. The van der Waals surface area contributed by atoms with E-state index in [1.54, 1.807) is 17.8 Å². The first-order valence-electron chi connectivity index (χ1n) is 10.7. The van der Waals surface area contributed by atoms with Gasteiger partial charge in [-0.3, -0.25) is 0 Å². The Morgan fingerprint density at radius 2 is 1.58 bits per heavy atom. The minimum atomic E-state index is -0.457. The lowest BCUT2D eigenvalue weighted by Crippen LogP contribution is -2.05. The summed E-state index contributed by atoms with van der Waals surface area (Å²) < 4.78 is 5.47. The molecule has 2 heterocycles. The van der Waals surface area contributed by atoms with E-state index in [0.29, 0.717) is 5.90 Å². The summed E-state index contributed by atoms with van der Waals surface area (Å²) >= 11 is 1.57. The van der Waals surface area contributed by atoms with Gasteiger partial charge in [-0.1, -0.05) is 65.4 Å². The lowest BCUT2D eigenvalue weighted by molar-refractivity contribution is -0.129. The minimum absolute atomic E-state index is 0.269. The smallest absolute Gasteiger partial charge is 0.363 e. The largest absolute Gasteiger partial charge is 0.402 e. The van der Waals surface area contributed by atoms with Gasteiger partial charge in [-0.15, -0.1) is 0 Å². The molecule has 4 nitrogen and oxygen atoms in total. The van der Waals surface area contributed by atoms with Crippen LogP contribution in [-0.4, -0.2) is 16.9 Å². The highest BCUT2D eigenvalue weighted by atomic mass is 32.2. The zero-order valence-electron chi connectivity index (χ0n) is 18.6. The van der Waals surface area contributed by atoms with Gasteiger partial charge in [0.2, 0.25) is 5.90 Å². The second-order valence-corrected chi connectivity index (χ2v) is 9.21. The SMILES string of the molecule is Cc1ccc(Sc2nc3c(C)cccc3cc2C=C2N=C(c3ccc(C)cc3)OC2=O)cc1. The van der Waals surface area contributed by atoms with Gasteiger partial charge < -0.3 is 4.74 Å². The zero-order chi connectivity index (χ0) is 22.9. The van der Waals surface area contributed by atoms with Crippen molar-refractivity contribution in [2.24, 2.45) is 4.99 Å². The van der Waals surface area contributed by atoms with E-state index in [1.807, 2.05) is 43.3 Å². The zero-order valence-corrected chi connectivity index (χ0v) is 19.4. The maximum absolute atomic E-state index is 12.6. The number of carbonyl (C=O) groups is 1. The summed E-state index contributed by atoms with van der Waals surface area (Å²) in [5.74, 6) is -0.134. The Morgan fingerprint density at radius 1 is 0.879 bits per heavy atom. The predicted molar refractivity (Wildman–Crippen MR) is 134 cm³/mol. The van der Waals surface area contributed by atoms with Crippen molar-refractivity contribution < 1.29 is 9.53 Å². The molecule has 1 aromatic heterocycles. The molecule has 0 radical (unpaired) electrons. The number of hydrogen-bond donors (Lipinski definition) is 0. The van der Waals surface area contributed by atoms with Gasteiger partial charge in [-0.25, -0.2) is 14.8 Å². The van der Waals surface area contributed by atoms with Gasteiger partial charge in [0.25, 0.3) is 0 Å². The van der Waals surface area contributed by atoms with Crippen LogP contribution in [-0.2, 0) is 9.53 Å². The molecule has 0 fully saturated rings. The van der Waals surface area contributed by atoms with Crippen LogP contribution >= 0.6 is 11.8 Å². The Balaban J connectivity index is 1.60. The van der Waals surface area contributed by atoms with Gasteiger partial charge in [0, 0.05) is 21.4 Å². The number of carbonyl (C=O) groups excluding carboxylic acids is 1. The molecule has 5 rings (SSSR count). The summed E-state index contributed by atoms with van der Waals surface area (Å²) in [5.41, 5.74) is 6.28. The van der Waals surface area contributed by atoms with E-state index < -0.39 is 5.97 Å². The molecule has 0 unspecified atom stereocenters. The lowest BCUT2D eigenvalue weighted by Gasteiger charge is -2.10. The molecule has 5 heteroatoms. The van der Waals surface area contributed by atoms with E-state index in [2.05, 4.69) is 55.2 Å². The van der Waals surface area contributed by atoms with Crippen LogP contribution in [0.1, 0.15) is 27.8 Å². The lowest BCUT2D eigenvalue weighted by atomic mass is 10.1. The molecule has 162 valence electrons. The molecule has 3 aromatic carbocycles. The van der Waals surface area contributed by atoms with Crippen molar-refractivity contribution in [2.45, 2.75) is 30.7 Å². The summed E-state index contributed by atoms with van der Waals surface area (Å²) in [4.78, 5) is 23.2. The van der Waals surface area contributed by atoms with Crippen LogP contribution in [0, 0.1) is 20.8 Å².